The minimum absolute atomic E-state index is 0.0599. The third-order valence-corrected chi connectivity index (χ3v) is 2.38. The lowest BCUT2D eigenvalue weighted by atomic mass is 10.1. The summed E-state index contributed by atoms with van der Waals surface area (Å²) >= 11 is 0. The van der Waals surface area contributed by atoms with Crippen LogP contribution >= 0.6 is 0 Å². The lowest BCUT2D eigenvalue weighted by Crippen LogP contribution is -2.46. The number of aliphatic hydroxyl groups is 5. The molecular weight excluding hydrogens is 206 g/mol. The second-order valence-corrected chi connectivity index (χ2v) is 3.52. The third kappa shape index (κ3) is 2.64. The first kappa shape index (κ1) is 12.8. The maximum atomic E-state index is 9.51. The second kappa shape index (κ2) is 5.17. The molecule has 0 aromatic heterocycles. The molecule has 0 aromatic rings. The molecule has 1 fully saturated rings. The van der Waals surface area contributed by atoms with Gasteiger partial charge in [0.15, 0.2) is 0 Å². The molecule has 1 heterocycles. The predicted molar refractivity (Wildman–Crippen MR) is 48.9 cm³/mol. The molecule has 0 bridgehead atoms. The van der Waals surface area contributed by atoms with Crippen molar-refractivity contribution in [3.63, 3.8) is 0 Å². The highest BCUT2D eigenvalue weighted by molar-refractivity contribution is 4.95. The van der Waals surface area contributed by atoms with Crippen molar-refractivity contribution in [2.24, 2.45) is 0 Å². The van der Waals surface area contributed by atoms with Gasteiger partial charge in [-0.25, -0.2) is 0 Å². The van der Waals surface area contributed by atoms with E-state index >= 15 is 0 Å². The molecule has 0 aromatic carbocycles. The van der Waals surface area contributed by atoms with E-state index in [-0.39, 0.29) is 13.2 Å². The molecule has 0 aliphatic carbocycles. The zero-order valence-electron chi connectivity index (χ0n) is 8.20. The van der Waals surface area contributed by atoms with E-state index in [1.165, 1.54) is 0 Å². The van der Waals surface area contributed by atoms with Crippen LogP contribution in [0, 0.1) is 0 Å². The van der Waals surface area contributed by atoms with Crippen LogP contribution in [0.1, 0.15) is 0 Å². The Morgan fingerprint density at radius 1 is 1.27 bits per heavy atom. The fourth-order valence-corrected chi connectivity index (χ4v) is 1.49. The van der Waals surface area contributed by atoms with Gasteiger partial charge in [0, 0.05) is 13.1 Å². The van der Waals surface area contributed by atoms with Crippen molar-refractivity contribution in [3.05, 3.63) is 0 Å². The number of rotatable bonds is 5. The van der Waals surface area contributed by atoms with Gasteiger partial charge in [0.2, 0.25) is 5.79 Å². The monoisotopic (exact) mass is 223 g/mol. The maximum absolute atomic E-state index is 9.51. The van der Waals surface area contributed by atoms with Crippen LogP contribution in [0.5, 0.6) is 0 Å². The highest BCUT2D eigenvalue weighted by Crippen LogP contribution is 2.28. The molecule has 1 rings (SSSR count). The second-order valence-electron chi connectivity index (χ2n) is 3.52. The standard InChI is InChI=1S/C8H17NO6/c10-2-1-9-3-5-6(12)7(13)8(14,4-11)15-5/h5-7,9-14H,1-4H2/t5-,6+,7-,8?/m0/s1. The molecule has 1 saturated heterocycles. The van der Waals surface area contributed by atoms with E-state index in [2.05, 4.69) is 5.32 Å². The summed E-state index contributed by atoms with van der Waals surface area (Å²) < 4.78 is 4.93. The van der Waals surface area contributed by atoms with Crippen molar-refractivity contribution >= 4 is 0 Å². The van der Waals surface area contributed by atoms with Crippen LogP contribution in [-0.4, -0.2) is 75.9 Å². The van der Waals surface area contributed by atoms with E-state index < -0.39 is 30.7 Å². The molecule has 6 N–H and O–H groups in total. The van der Waals surface area contributed by atoms with Gasteiger partial charge >= 0.3 is 0 Å². The minimum Gasteiger partial charge on any atom is -0.395 e. The van der Waals surface area contributed by atoms with Crippen LogP contribution in [0.3, 0.4) is 0 Å². The van der Waals surface area contributed by atoms with E-state index in [0.717, 1.165) is 0 Å². The molecule has 15 heavy (non-hydrogen) atoms. The number of aliphatic hydroxyl groups excluding tert-OH is 4. The summed E-state index contributed by atoms with van der Waals surface area (Å²) in [5.41, 5.74) is 0. The van der Waals surface area contributed by atoms with Gasteiger partial charge in [-0.15, -0.1) is 0 Å². The van der Waals surface area contributed by atoms with Gasteiger partial charge in [0.05, 0.1) is 13.2 Å². The topological polar surface area (TPSA) is 122 Å². The Bertz CT molecular complexity index is 204. The number of hydrogen-bond acceptors (Lipinski definition) is 7. The summed E-state index contributed by atoms with van der Waals surface area (Å²) in [7, 11) is 0. The summed E-state index contributed by atoms with van der Waals surface area (Å²) in [6.45, 7) is -0.362. The Kier molecular flexibility index (Phi) is 4.41. The van der Waals surface area contributed by atoms with Gasteiger partial charge in [-0.3, -0.25) is 0 Å². The molecule has 1 aliphatic heterocycles. The average molecular weight is 223 g/mol. The molecule has 1 unspecified atom stereocenters. The van der Waals surface area contributed by atoms with Gasteiger partial charge in [-0.2, -0.15) is 0 Å². The van der Waals surface area contributed by atoms with E-state index in [1.54, 1.807) is 0 Å². The Balaban J connectivity index is 2.48. The Morgan fingerprint density at radius 3 is 2.40 bits per heavy atom. The molecule has 0 amide bonds. The van der Waals surface area contributed by atoms with Gasteiger partial charge in [0.25, 0.3) is 0 Å². The van der Waals surface area contributed by atoms with Gasteiger partial charge in [0.1, 0.15) is 18.3 Å². The molecule has 1 aliphatic rings. The summed E-state index contributed by atoms with van der Waals surface area (Å²) in [6.07, 6.45) is -3.62. The first-order chi connectivity index (χ1) is 7.05. The van der Waals surface area contributed by atoms with E-state index in [1.807, 2.05) is 0 Å². The fraction of sp³-hybridized carbons (Fsp3) is 1.00. The first-order valence-electron chi connectivity index (χ1n) is 4.74. The average Bonchev–Trinajstić information content (AvgIpc) is 2.45. The van der Waals surface area contributed by atoms with Crippen LogP contribution in [0.15, 0.2) is 0 Å². The Morgan fingerprint density at radius 2 is 1.93 bits per heavy atom. The van der Waals surface area contributed by atoms with Crippen LogP contribution < -0.4 is 5.32 Å². The van der Waals surface area contributed by atoms with E-state index in [4.69, 9.17) is 14.9 Å². The molecule has 90 valence electrons. The van der Waals surface area contributed by atoms with Crippen LogP contribution in [0.2, 0.25) is 0 Å². The molecular formula is C8H17NO6. The summed E-state index contributed by atoms with van der Waals surface area (Å²) in [5, 5.41) is 48.4. The maximum Gasteiger partial charge on any atom is 0.219 e. The summed E-state index contributed by atoms with van der Waals surface area (Å²) in [5.74, 6) is -2.11. The molecule has 4 atom stereocenters. The van der Waals surface area contributed by atoms with Crippen LogP contribution in [-0.2, 0) is 4.74 Å². The van der Waals surface area contributed by atoms with Gasteiger partial charge in [-0.05, 0) is 0 Å². The van der Waals surface area contributed by atoms with Crippen molar-refractivity contribution < 1.29 is 30.3 Å². The van der Waals surface area contributed by atoms with Crippen molar-refractivity contribution in [2.75, 3.05) is 26.3 Å². The lowest BCUT2D eigenvalue weighted by Gasteiger charge is -2.22. The SMILES string of the molecule is OCCNC[C@@H]1OC(O)(CO)[C@@H](O)[C@@H]1O. The van der Waals surface area contributed by atoms with E-state index in [0.29, 0.717) is 6.54 Å². The van der Waals surface area contributed by atoms with Crippen molar-refractivity contribution in [1.82, 2.24) is 5.32 Å². The molecule has 0 saturated carbocycles. The lowest BCUT2D eigenvalue weighted by molar-refractivity contribution is -0.245. The largest absolute Gasteiger partial charge is 0.395 e. The van der Waals surface area contributed by atoms with Crippen LogP contribution in [0.4, 0.5) is 0 Å². The number of nitrogens with one attached hydrogen (secondary N) is 1. The van der Waals surface area contributed by atoms with E-state index in [9.17, 15) is 15.3 Å². The quantitative estimate of drug-likeness (QED) is 0.266. The van der Waals surface area contributed by atoms with Crippen molar-refractivity contribution in [2.45, 2.75) is 24.1 Å². The smallest absolute Gasteiger partial charge is 0.219 e. The normalized spacial score (nSPS) is 41.0. The van der Waals surface area contributed by atoms with Crippen molar-refractivity contribution in [1.29, 1.82) is 0 Å². The zero-order valence-corrected chi connectivity index (χ0v) is 8.20. The minimum atomic E-state index is -2.11. The Labute approximate surface area is 86.9 Å². The highest BCUT2D eigenvalue weighted by Gasteiger charge is 2.52. The summed E-state index contributed by atoms with van der Waals surface area (Å²) in [6, 6.07) is 0. The molecule has 7 heteroatoms. The molecule has 7 nitrogen and oxygen atoms in total. The third-order valence-electron chi connectivity index (χ3n) is 2.38. The fourth-order valence-electron chi connectivity index (χ4n) is 1.49. The van der Waals surface area contributed by atoms with Crippen LogP contribution in [0.25, 0.3) is 0 Å². The zero-order chi connectivity index (χ0) is 11.5. The molecule has 0 spiro atoms. The highest BCUT2D eigenvalue weighted by atomic mass is 16.7. The number of ether oxygens (including phenoxy) is 1. The summed E-state index contributed by atoms with van der Waals surface area (Å²) in [4.78, 5) is 0. The first-order valence-corrected chi connectivity index (χ1v) is 4.74. The number of hydrogen-bond donors (Lipinski definition) is 6. The Hall–Kier alpha value is -0.280. The van der Waals surface area contributed by atoms with Gasteiger partial charge < -0.3 is 35.6 Å². The van der Waals surface area contributed by atoms with Gasteiger partial charge in [-0.1, -0.05) is 0 Å². The van der Waals surface area contributed by atoms with Crippen molar-refractivity contribution in [3.8, 4) is 0 Å². The predicted octanol–water partition coefficient (Wildman–Crippen LogP) is -3.63. The molecule has 0 radical (unpaired) electrons.